The third kappa shape index (κ3) is 4.76. The number of carbonyl (C=O) groups is 3. The van der Waals surface area contributed by atoms with Crippen molar-refractivity contribution in [3.05, 3.63) is 22.2 Å². The molecule has 2 N–H and O–H groups in total. The lowest BCUT2D eigenvalue weighted by Gasteiger charge is -2.20. The molecule has 11 nitrogen and oxygen atoms in total. The minimum Gasteiger partial charge on any atom is -0.490 e. The summed E-state index contributed by atoms with van der Waals surface area (Å²) < 4.78 is 11.2. The first kappa shape index (κ1) is 23.3. The highest BCUT2D eigenvalue weighted by Crippen LogP contribution is 2.42. The summed E-state index contributed by atoms with van der Waals surface area (Å²) in [5.74, 6) is -0.677. The first-order valence-electron chi connectivity index (χ1n) is 10.7. The zero-order valence-electron chi connectivity index (χ0n) is 18.4. The largest absolute Gasteiger partial charge is 0.490 e. The Morgan fingerprint density at radius 3 is 2.34 bits per heavy atom. The predicted molar refractivity (Wildman–Crippen MR) is 115 cm³/mol. The fraction of sp³-hybridized carbons (Fsp3) is 0.571. The monoisotopic (exact) mass is 448 g/mol. The van der Waals surface area contributed by atoms with Crippen LogP contribution in [-0.4, -0.2) is 53.0 Å². The van der Waals surface area contributed by atoms with Crippen LogP contribution in [0.4, 0.5) is 16.2 Å². The van der Waals surface area contributed by atoms with Crippen molar-refractivity contribution in [2.24, 2.45) is 5.92 Å². The van der Waals surface area contributed by atoms with Crippen LogP contribution < -0.4 is 20.1 Å². The van der Waals surface area contributed by atoms with Crippen molar-refractivity contribution in [1.29, 1.82) is 0 Å². The molecule has 1 aromatic carbocycles. The zero-order chi connectivity index (χ0) is 23.5. The van der Waals surface area contributed by atoms with E-state index in [1.807, 2.05) is 13.8 Å². The molecule has 2 aliphatic rings. The molecule has 1 aliphatic carbocycles. The summed E-state index contributed by atoms with van der Waals surface area (Å²) in [6, 6.07) is 1.88. The number of nitro benzene ring substituents is 1. The molecule has 0 spiro atoms. The minimum atomic E-state index is -1.01. The summed E-state index contributed by atoms with van der Waals surface area (Å²) >= 11 is 0. The third-order valence-electron chi connectivity index (χ3n) is 5.45. The Balaban J connectivity index is 1.80. The molecule has 174 valence electrons. The quantitative estimate of drug-likeness (QED) is 0.301. The summed E-state index contributed by atoms with van der Waals surface area (Å²) in [6.07, 6.45) is 3.08. The van der Waals surface area contributed by atoms with Crippen molar-refractivity contribution in [3.63, 3.8) is 0 Å². The number of hydrogen-bond acceptors (Lipinski definition) is 7. The number of hydrogen-bond donors (Lipinski definition) is 2. The normalized spacial score (nSPS) is 20.2. The summed E-state index contributed by atoms with van der Waals surface area (Å²) in [5, 5.41) is 16.7. The highest BCUT2D eigenvalue weighted by atomic mass is 16.6. The van der Waals surface area contributed by atoms with E-state index in [4.69, 9.17) is 9.47 Å². The second-order valence-electron chi connectivity index (χ2n) is 8.12. The molecule has 11 heteroatoms. The molecule has 32 heavy (non-hydrogen) atoms. The van der Waals surface area contributed by atoms with Gasteiger partial charge in [-0.25, -0.2) is 4.79 Å². The molecule has 0 bridgehead atoms. The van der Waals surface area contributed by atoms with E-state index in [0.717, 1.165) is 17.7 Å². The molecule has 1 unspecified atom stereocenters. The van der Waals surface area contributed by atoms with Gasteiger partial charge in [-0.3, -0.25) is 24.6 Å². The number of nitro groups is 1. The molecule has 0 radical (unpaired) electrons. The topological polar surface area (TPSA) is 140 Å². The number of rotatable bonds is 11. The lowest BCUT2D eigenvalue weighted by Crippen LogP contribution is -2.46. The number of imide groups is 1. The number of urea groups is 1. The molecule has 2 fully saturated rings. The summed E-state index contributed by atoms with van der Waals surface area (Å²) in [7, 11) is 0. The number of amides is 4. The van der Waals surface area contributed by atoms with Crippen molar-refractivity contribution in [1.82, 2.24) is 10.2 Å². The van der Waals surface area contributed by atoms with Crippen molar-refractivity contribution >= 4 is 29.2 Å². The van der Waals surface area contributed by atoms with Crippen molar-refractivity contribution in [2.75, 3.05) is 25.1 Å². The predicted octanol–water partition coefficient (Wildman–Crippen LogP) is 2.83. The standard InChI is InChI=1S/C21H28N4O7/c1-4-8-31-16-10-14(15(25(29)30)11-17(16)32-9-5-2)22-18(26)12-24-19(27)21(3,13-6-7-13)23-20(24)28/h10-11,13H,4-9,12H2,1-3H3,(H,22,26)(H,23,28). The van der Waals surface area contributed by atoms with E-state index in [1.165, 1.54) is 12.1 Å². The zero-order valence-corrected chi connectivity index (χ0v) is 18.4. The molecule has 0 aromatic heterocycles. The van der Waals surface area contributed by atoms with E-state index in [2.05, 4.69) is 10.6 Å². The highest BCUT2D eigenvalue weighted by molar-refractivity contribution is 6.10. The Labute approximate surface area is 185 Å². The first-order chi connectivity index (χ1) is 15.2. The van der Waals surface area contributed by atoms with Crippen LogP contribution in [0.15, 0.2) is 12.1 Å². The van der Waals surface area contributed by atoms with E-state index in [0.29, 0.717) is 26.1 Å². The Kier molecular flexibility index (Phi) is 6.85. The lowest BCUT2D eigenvalue weighted by atomic mass is 9.96. The van der Waals surface area contributed by atoms with Crippen LogP contribution in [-0.2, 0) is 9.59 Å². The molecule has 1 saturated heterocycles. The number of carbonyl (C=O) groups excluding carboxylic acids is 3. The number of nitrogens with zero attached hydrogens (tertiary/aromatic N) is 2. The molecule has 1 atom stereocenters. The highest BCUT2D eigenvalue weighted by Gasteiger charge is 2.56. The molecular weight excluding hydrogens is 420 g/mol. The van der Waals surface area contributed by atoms with E-state index < -0.39 is 34.9 Å². The van der Waals surface area contributed by atoms with Gasteiger partial charge in [-0.2, -0.15) is 0 Å². The van der Waals surface area contributed by atoms with Gasteiger partial charge in [0.25, 0.3) is 11.6 Å². The van der Waals surface area contributed by atoms with Crippen LogP contribution in [0.1, 0.15) is 46.5 Å². The lowest BCUT2D eigenvalue weighted by molar-refractivity contribution is -0.384. The fourth-order valence-corrected chi connectivity index (χ4v) is 3.58. The van der Waals surface area contributed by atoms with Crippen molar-refractivity contribution in [2.45, 2.75) is 52.0 Å². The Bertz CT molecular complexity index is 931. The Hall–Kier alpha value is -3.37. The summed E-state index contributed by atoms with van der Waals surface area (Å²) in [6.45, 7) is 5.62. The minimum absolute atomic E-state index is 0.0574. The molecule has 3 rings (SSSR count). The van der Waals surface area contributed by atoms with Gasteiger partial charge < -0.3 is 20.1 Å². The van der Waals surface area contributed by atoms with Crippen LogP contribution in [0.2, 0.25) is 0 Å². The SMILES string of the molecule is CCCOc1cc(NC(=O)CN2C(=O)NC(C)(C3CC3)C2=O)c([N+](=O)[O-])cc1OCCC. The molecule has 1 saturated carbocycles. The molecule has 1 aliphatic heterocycles. The third-order valence-corrected chi connectivity index (χ3v) is 5.45. The molecule has 1 heterocycles. The van der Waals surface area contributed by atoms with Crippen LogP contribution in [0, 0.1) is 16.0 Å². The van der Waals surface area contributed by atoms with Crippen LogP contribution in [0.5, 0.6) is 11.5 Å². The summed E-state index contributed by atoms with van der Waals surface area (Å²) in [4.78, 5) is 49.4. The van der Waals surface area contributed by atoms with Gasteiger partial charge in [0.05, 0.1) is 24.2 Å². The maximum absolute atomic E-state index is 12.7. The van der Waals surface area contributed by atoms with Crippen molar-refractivity contribution in [3.8, 4) is 11.5 Å². The maximum Gasteiger partial charge on any atom is 0.325 e. The second-order valence-corrected chi connectivity index (χ2v) is 8.12. The van der Waals surface area contributed by atoms with Gasteiger partial charge in [0.2, 0.25) is 5.91 Å². The van der Waals surface area contributed by atoms with Gasteiger partial charge >= 0.3 is 6.03 Å². The number of ether oxygens (including phenoxy) is 2. The van der Waals surface area contributed by atoms with Gasteiger partial charge in [0.1, 0.15) is 17.8 Å². The van der Waals surface area contributed by atoms with E-state index in [1.54, 1.807) is 6.92 Å². The Morgan fingerprint density at radius 1 is 1.22 bits per heavy atom. The van der Waals surface area contributed by atoms with E-state index in [9.17, 15) is 24.5 Å². The van der Waals surface area contributed by atoms with Gasteiger partial charge in [0.15, 0.2) is 11.5 Å². The number of nitrogens with one attached hydrogen (secondary N) is 2. The van der Waals surface area contributed by atoms with Gasteiger partial charge in [-0.05, 0) is 38.5 Å². The second kappa shape index (κ2) is 9.41. The van der Waals surface area contributed by atoms with Gasteiger partial charge in [-0.15, -0.1) is 0 Å². The fourth-order valence-electron chi connectivity index (χ4n) is 3.58. The van der Waals surface area contributed by atoms with Crippen LogP contribution >= 0.6 is 0 Å². The van der Waals surface area contributed by atoms with E-state index in [-0.39, 0.29) is 28.8 Å². The average molecular weight is 448 g/mol. The van der Waals surface area contributed by atoms with Crippen LogP contribution in [0.25, 0.3) is 0 Å². The maximum atomic E-state index is 12.7. The molecule has 4 amide bonds. The average Bonchev–Trinajstić information content (AvgIpc) is 3.57. The Morgan fingerprint density at radius 2 is 1.81 bits per heavy atom. The first-order valence-corrected chi connectivity index (χ1v) is 10.7. The van der Waals surface area contributed by atoms with Gasteiger partial charge in [-0.1, -0.05) is 13.8 Å². The number of anilines is 1. The molecule has 1 aromatic rings. The van der Waals surface area contributed by atoms with Crippen molar-refractivity contribution < 1.29 is 28.8 Å². The smallest absolute Gasteiger partial charge is 0.325 e. The van der Waals surface area contributed by atoms with Gasteiger partial charge in [0, 0.05) is 6.07 Å². The molecular formula is C21H28N4O7. The van der Waals surface area contributed by atoms with Crippen LogP contribution in [0.3, 0.4) is 0 Å². The number of benzene rings is 1. The van der Waals surface area contributed by atoms with E-state index >= 15 is 0 Å². The summed E-state index contributed by atoms with van der Waals surface area (Å²) in [5.41, 5.74) is -1.50.